The average molecular weight is 221 g/mol. The number of anilines is 1. The summed E-state index contributed by atoms with van der Waals surface area (Å²) in [6, 6.07) is 7.12. The highest BCUT2D eigenvalue weighted by Crippen LogP contribution is 2.12. The second-order valence-corrected chi connectivity index (χ2v) is 3.30. The lowest BCUT2D eigenvalue weighted by molar-refractivity contribution is -0.118. The molecule has 1 aromatic carbocycles. The van der Waals surface area contributed by atoms with Crippen LogP contribution in [0.15, 0.2) is 24.3 Å². The first-order chi connectivity index (χ1) is 7.63. The van der Waals surface area contributed by atoms with Gasteiger partial charge in [0.05, 0.1) is 6.54 Å². The fourth-order valence-electron chi connectivity index (χ4n) is 1.18. The van der Waals surface area contributed by atoms with Gasteiger partial charge in [-0.25, -0.2) is 4.79 Å². The largest absolute Gasteiger partial charge is 0.376 e. The predicted molar refractivity (Wildman–Crippen MR) is 62.3 cm³/mol. The van der Waals surface area contributed by atoms with E-state index in [9.17, 15) is 9.59 Å². The molecule has 5 heteroatoms. The summed E-state index contributed by atoms with van der Waals surface area (Å²) < 4.78 is 0. The highest BCUT2D eigenvalue weighted by molar-refractivity contribution is 5.96. The number of carbonyl (C=O) groups excluding carboxylic acids is 2. The van der Waals surface area contributed by atoms with E-state index in [4.69, 9.17) is 0 Å². The molecule has 0 atom stereocenters. The normalized spacial score (nSPS) is 9.38. The standard InChI is InChI=1S/C11H15N3O2/c1-8-5-3-4-6-9(8)13-7-10(15)14-11(16)12-2/h3-6,13H,7H2,1-2H3,(H2,12,14,15,16). The first kappa shape index (κ1) is 12.0. The van der Waals surface area contributed by atoms with Crippen LogP contribution in [0.1, 0.15) is 5.56 Å². The Labute approximate surface area is 94.2 Å². The van der Waals surface area contributed by atoms with Gasteiger partial charge in [-0.3, -0.25) is 10.1 Å². The van der Waals surface area contributed by atoms with Crippen LogP contribution >= 0.6 is 0 Å². The minimum atomic E-state index is -0.503. The van der Waals surface area contributed by atoms with Crippen LogP contribution in [0.4, 0.5) is 10.5 Å². The number of imide groups is 1. The Morgan fingerprint density at radius 1 is 1.25 bits per heavy atom. The van der Waals surface area contributed by atoms with E-state index in [2.05, 4.69) is 16.0 Å². The lowest BCUT2D eigenvalue weighted by Crippen LogP contribution is -2.40. The first-order valence-electron chi connectivity index (χ1n) is 4.94. The molecule has 0 spiro atoms. The van der Waals surface area contributed by atoms with Crippen molar-refractivity contribution in [3.05, 3.63) is 29.8 Å². The zero-order valence-electron chi connectivity index (χ0n) is 9.33. The number of amides is 3. The van der Waals surface area contributed by atoms with Gasteiger partial charge in [0.25, 0.3) is 0 Å². The van der Waals surface area contributed by atoms with Gasteiger partial charge in [0.15, 0.2) is 0 Å². The van der Waals surface area contributed by atoms with E-state index in [1.807, 2.05) is 31.2 Å². The minimum Gasteiger partial charge on any atom is -0.376 e. The topological polar surface area (TPSA) is 70.2 Å². The lowest BCUT2D eigenvalue weighted by Gasteiger charge is -2.08. The number of para-hydroxylation sites is 1. The first-order valence-corrected chi connectivity index (χ1v) is 4.94. The van der Waals surface area contributed by atoms with E-state index in [1.165, 1.54) is 7.05 Å². The summed E-state index contributed by atoms with van der Waals surface area (Å²) in [4.78, 5) is 22.1. The molecule has 5 nitrogen and oxygen atoms in total. The Morgan fingerprint density at radius 3 is 2.56 bits per heavy atom. The second kappa shape index (κ2) is 5.75. The molecule has 0 radical (unpaired) electrons. The lowest BCUT2D eigenvalue weighted by atomic mass is 10.2. The van der Waals surface area contributed by atoms with E-state index in [1.54, 1.807) is 0 Å². The molecule has 0 saturated heterocycles. The Morgan fingerprint density at radius 2 is 1.94 bits per heavy atom. The van der Waals surface area contributed by atoms with Crippen molar-refractivity contribution in [3.63, 3.8) is 0 Å². The number of rotatable bonds is 3. The third-order valence-corrected chi connectivity index (χ3v) is 2.06. The van der Waals surface area contributed by atoms with Crippen LogP contribution in [-0.4, -0.2) is 25.5 Å². The van der Waals surface area contributed by atoms with Crippen LogP contribution in [0.2, 0.25) is 0 Å². The van der Waals surface area contributed by atoms with Crippen molar-refractivity contribution >= 4 is 17.6 Å². The van der Waals surface area contributed by atoms with Crippen molar-refractivity contribution in [2.24, 2.45) is 0 Å². The minimum absolute atomic E-state index is 0.0677. The molecular weight excluding hydrogens is 206 g/mol. The molecule has 0 unspecified atom stereocenters. The van der Waals surface area contributed by atoms with Crippen LogP contribution < -0.4 is 16.0 Å². The molecule has 1 rings (SSSR count). The van der Waals surface area contributed by atoms with E-state index in [0.29, 0.717) is 0 Å². The Hall–Kier alpha value is -2.04. The Balaban J connectivity index is 2.43. The number of aryl methyl sites for hydroxylation is 1. The zero-order valence-corrected chi connectivity index (χ0v) is 9.33. The molecular formula is C11H15N3O2. The summed E-state index contributed by atoms with van der Waals surface area (Å²) in [5, 5.41) is 7.42. The molecule has 0 fully saturated rings. The van der Waals surface area contributed by atoms with Crippen molar-refractivity contribution in [2.45, 2.75) is 6.92 Å². The van der Waals surface area contributed by atoms with Gasteiger partial charge in [0.1, 0.15) is 0 Å². The average Bonchev–Trinajstić information content (AvgIpc) is 2.28. The molecule has 0 saturated carbocycles. The summed E-state index contributed by atoms with van der Waals surface area (Å²) in [5.41, 5.74) is 1.93. The maximum atomic E-state index is 11.3. The molecule has 0 heterocycles. The molecule has 3 amide bonds. The fourth-order valence-corrected chi connectivity index (χ4v) is 1.18. The summed E-state index contributed by atoms with van der Waals surface area (Å²) >= 11 is 0. The van der Waals surface area contributed by atoms with E-state index < -0.39 is 6.03 Å². The Bertz CT molecular complexity index is 391. The zero-order chi connectivity index (χ0) is 12.0. The highest BCUT2D eigenvalue weighted by Gasteiger charge is 2.05. The monoisotopic (exact) mass is 221 g/mol. The molecule has 86 valence electrons. The van der Waals surface area contributed by atoms with Crippen molar-refractivity contribution in [1.29, 1.82) is 0 Å². The number of hydrogen-bond acceptors (Lipinski definition) is 3. The maximum absolute atomic E-state index is 11.3. The van der Waals surface area contributed by atoms with Gasteiger partial charge < -0.3 is 10.6 Å². The van der Waals surface area contributed by atoms with Gasteiger partial charge in [0, 0.05) is 12.7 Å². The summed E-state index contributed by atoms with van der Waals surface area (Å²) in [6.45, 7) is 2.01. The van der Waals surface area contributed by atoms with Crippen LogP contribution in [-0.2, 0) is 4.79 Å². The SMILES string of the molecule is CNC(=O)NC(=O)CNc1ccccc1C. The Kier molecular flexibility index (Phi) is 4.32. The van der Waals surface area contributed by atoms with E-state index in [-0.39, 0.29) is 12.5 Å². The number of benzene rings is 1. The maximum Gasteiger partial charge on any atom is 0.321 e. The second-order valence-electron chi connectivity index (χ2n) is 3.30. The molecule has 1 aromatic rings. The third kappa shape index (κ3) is 3.61. The van der Waals surface area contributed by atoms with E-state index in [0.717, 1.165) is 11.3 Å². The number of urea groups is 1. The predicted octanol–water partition coefficient (Wildman–Crippen LogP) is 0.863. The number of carbonyl (C=O) groups is 2. The van der Waals surface area contributed by atoms with E-state index >= 15 is 0 Å². The van der Waals surface area contributed by atoms with Crippen molar-refractivity contribution in [1.82, 2.24) is 10.6 Å². The van der Waals surface area contributed by atoms with Crippen molar-refractivity contribution in [2.75, 3.05) is 18.9 Å². The molecule has 16 heavy (non-hydrogen) atoms. The summed E-state index contributed by atoms with van der Waals surface area (Å²) in [5.74, 6) is -0.373. The summed E-state index contributed by atoms with van der Waals surface area (Å²) in [7, 11) is 1.46. The quantitative estimate of drug-likeness (QED) is 0.709. The van der Waals surface area contributed by atoms with Gasteiger partial charge in [-0.2, -0.15) is 0 Å². The molecule has 0 aliphatic heterocycles. The van der Waals surface area contributed by atoms with Gasteiger partial charge in [-0.15, -0.1) is 0 Å². The molecule has 0 aromatic heterocycles. The fraction of sp³-hybridized carbons (Fsp3) is 0.273. The molecule has 0 aliphatic rings. The molecule has 3 N–H and O–H groups in total. The number of nitrogens with one attached hydrogen (secondary N) is 3. The van der Waals surface area contributed by atoms with Crippen LogP contribution in [0.25, 0.3) is 0 Å². The van der Waals surface area contributed by atoms with Crippen molar-refractivity contribution < 1.29 is 9.59 Å². The van der Waals surface area contributed by atoms with Crippen LogP contribution in [0.5, 0.6) is 0 Å². The van der Waals surface area contributed by atoms with Crippen molar-refractivity contribution in [3.8, 4) is 0 Å². The van der Waals surface area contributed by atoms with Crippen LogP contribution in [0.3, 0.4) is 0 Å². The van der Waals surface area contributed by atoms with Crippen LogP contribution in [0, 0.1) is 6.92 Å². The van der Waals surface area contributed by atoms with Gasteiger partial charge in [-0.1, -0.05) is 18.2 Å². The van der Waals surface area contributed by atoms with Gasteiger partial charge in [-0.05, 0) is 18.6 Å². The smallest absolute Gasteiger partial charge is 0.321 e. The highest BCUT2D eigenvalue weighted by atomic mass is 16.2. The molecule has 0 bridgehead atoms. The van der Waals surface area contributed by atoms with Gasteiger partial charge in [0.2, 0.25) is 5.91 Å². The summed E-state index contributed by atoms with van der Waals surface area (Å²) in [6.07, 6.45) is 0. The molecule has 0 aliphatic carbocycles. The number of hydrogen-bond donors (Lipinski definition) is 3. The van der Waals surface area contributed by atoms with Gasteiger partial charge >= 0.3 is 6.03 Å². The third-order valence-electron chi connectivity index (χ3n) is 2.06.